The highest BCUT2D eigenvalue weighted by atomic mass is 14.6. The maximum absolute atomic E-state index is 5.70. The van der Waals surface area contributed by atoms with E-state index in [1.165, 1.54) is 11.1 Å². The van der Waals surface area contributed by atoms with Gasteiger partial charge in [-0.2, -0.15) is 0 Å². The summed E-state index contributed by atoms with van der Waals surface area (Å²) >= 11 is 0. The van der Waals surface area contributed by atoms with E-state index < -0.39 is 0 Å². The number of rotatable bonds is 3. The number of anilines is 1. The lowest BCUT2D eigenvalue weighted by Crippen LogP contribution is -2.15. The average molecular weight is 178 g/mol. The molecular formula is C11H18N2. The smallest absolute Gasteiger partial charge is 0.0316 e. The molecular weight excluding hydrogens is 160 g/mol. The van der Waals surface area contributed by atoms with Crippen molar-refractivity contribution in [3.05, 3.63) is 29.3 Å². The molecule has 1 atom stereocenters. The van der Waals surface area contributed by atoms with Crippen molar-refractivity contribution in [2.45, 2.75) is 32.7 Å². The summed E-state index contributed by atoms with van der Waals surface area (Å²) in [6, 6.07) is 6.32. The third kappa shape index (κ3) is 3.07. The highest BCUT2D eigenvalue weighted by Gasteiger charge is 2.00. The molecule has 72 valence electrons. The summed E-state index contributed by atoms with van der Waals surface area (Å²) in [6.45, 7) is 4.12. The summed E-state index contributed by atoms with van der Waals surface area (Å²) in [5.41, 5.74) is 14.8. The minimum Gasteiger partial charge on any atom is -0.399 e. The summed E-state index contributed by atoms with van der Waals surface area (Å²) in [5.74, 6) is 0. The lowest BCUT2D eigenvalue weighted by molar-refractivity contribution is 0.664. The van der Waals surface area contributed by atoms with Crippen LogP contribution in [0.5, 0.6) is 0 Å². The molecule has 0 amide bonds. The van der Waals surface area contributed by atoms with Crippen LogP contribution >= 0.6 is 0 Å². The Morgan fingerprint density at radius 3 is 2.62 bits per heavy atom. The van der Waals surface area contributed by atoms with Gasteiger partial charge in [0.15, 0.2) is 0 Å². The van der Waals surface area contributed by atoms with Crippen LogP contribution in [0.1, 0.15) is 24.5 Å². The van der Waals surface area contributed by atoms with Crippen LogP contribution < -0.4 is 11.5 Å². The molecule has 4 N–H and O–H groups in total. The highest BCUT2D eigenvalue weighted by Crippen LogP contribution is 2.14. The fourth-order valence-electron chi connectivity index (χ4n) is 1.38. The van der Waals surface area contributed by atoms with Crippen LogP contribution in [0.15, 0.2) is 18.2 Å². The minimum atomic E-state index is 0.275. The lowest BCUT2D eigenvalue weighted by Gasteiger charge is -2.08. The minimum absolute atomic E-state index is 0.275. The predicted molar refractivity (Wildman–Crippen MR) is 57.6 cm³/mol. The summed E-state index contributed by atoms with van der Waals surface area (Å²) in [4.78, 5) is 0. The Morgan fingerprint density at radius 2 is 2.08 bits per heavy atom. The predicted octanol–water partition coefficient (Wildman–Crippen LogP) is 1.86. The molecule has 0 bridgehead atoms. The van der Waals surface area contributed by atoms with Gasteiger partial charge in [-0.3, -0.25) is 0 Å². The first-order chi connectivity index (χ1) is 6.09. The van der Waals surface area contributed by atoms with Gasteiger partial charge in [0.25, 0.3) is 0 Å². The molecule has 13 heavy (non-hydrogen) atoms. The highest BCUT2D eigenvalue weighted by molar-refractivity contribution is 5.44. The van der Waals surface area contributed by atoms with Crippen molar-refractivity contribution >= 4 is 5.69 Å². The van der Waals surface area contributed by atoms with Crippen molar-refractivity contribution in [3.8, 4) is 0 Å². The Labute approximate surface area is 79.9 Å². The summed E-state index contributed by atoms with van der Waals surface area (Å²) in [7, 11) is 0. The Morgan fingerprint density at radius 1 is 1.38 bits per heavy atom. The van der Waals surface area contributed by atoms with Gasteiger partial charge in [-0.15, -0.1) is 0 Å². The first kappa shape index (κ1) is 10.1. The van der Waals surface area contributed by atoms with E-state index in [1.54, 1.807) is 0 Å². The maximum atomic E-state index is 5.70. The molecule has 0 saturated carbocycles. The van der Waals surface area contributed by atoms with E-state index in [1.807, 2.05) is 19.1 Å². The van der Waals surface area contributed by atoms with Crippen LogP contribution in [0.25, 0.3) is 0 Å². The zero-order valence-electron chi connectivity index (χ0n) is 8.38. The fourth-order valence-corrected chi connectivity index (χ4v) is 1.38. The van der Waals surface area contributed by atoms with E-state index in [-0.39, 0.29) is 6.04 Å². The molecule has 1 aromatic carbocycles. The van der Waals surface area contributed by atoms with Crippen molar-refractivity contribution in [1.29, 1.82) is 0 Å². The first-order valence-corrected chi connectivity index (χ1v) is 4.70. The Balaban J connectivity index is 2.67. The Kier molecular flexibility index (Phi) is 3.32. The van der Waals surface area contributed by atoms with Crippen molar-refractivity contribution in [2.24, 2.45) is 5.73 Å². The van der Waals surface area contributed by atoms with E-state index >= 15 is 0 Å². The van der Waals surface area contributed by atoms with E-state index in [2.05, 4.69) is 13.0 Å². The van der Waals surface area contributed by atoms with Crippen LogP contribution in [0.3, 0.4) is 0 Å². The molecule has 2 heteroatoms. The Hall–Kier alpha value is -1.02. The number of hydrogen-bond acceptors (Lipinski definition) is 2. The van der Waals surface area contributed by atoms with Crippen LogP contribution in [0, 0.1) is 6.92 Å². The zero-order chi connectivity index (χ0) is 9.84. The lowest BCUT2D eigenvalue weighted by atomic mass is 10.0. The topological polar surface area (TPSA) is 52.0 Å². The number of nitrogens with two attached hydrogens (primary N) is 2. The van der Waals surface area contributed by atoms with Gasteiger partial charge in [-0.05, 0) is 49.9 Å². The fraction of sp³-hybridized carbons (Fsp3) is 0.455. The summed E-state index contributed by atoms with van der Waals surface area (Å²) in [6.07, 6.45) is 2.08. The monoisotopic (exact) mass is 178 g/mol. The van der Waals surface area contributed by atoms with Crippen molar-refractivity contribution in [2.75, 3.05) is 5.73 Å². The molecule has 2 nitrogen and oxygen atoms in total. The summed E-state index contributed by atoms with van der Waals surface area (Å²) in [5, 5.41) is 0. The second kappa shape index (κ2) is 4.28. The molecule has 0 heterocycles. The van der Waals surface area contributed by atoms with Crippen LogP contribution in [0.4, 0.5) is 5.69 Å². The van der Waals surface area contributed by atoms with Gasteiger partial charge in [-0.25, -0.2) is 0 Å². The molecule has 1 unspecified atom stereocenters. The van der Waals surface area contributed by atoms with Crippen LogP contribution in [-0.4, -0.2) is 6.04 Å². The van der Waals surface area contributed by atoms with Gasteiger partial charge in [0, 0.05) is 11.7 Å². The van der Waals surface area contributed by atoms with Gasteiger partial charge < -0.3 is 11.5 Å². The molecule has 0 aliphatic carbocycles. The van der Waals surface area contributed by atoms with E-state index in [4.69, 9.17) is 11.5 Å². The number of aryl methyl sites for hydroxylation is 2. The van der Waals surface area contributed by atoms with Gasteiger partial charge in [-0.1, -0.05) is 6.07 Å². The van der Waals surface area contributed by atoms with E-state index in [0.717, 1.165) is 18.5 Å². The number of nitrogen functional groups attached to an aromatic ring is 1. The molecule has 0 aliphatic heterocycles. The van der Waals surface area contributed by atoms with Crippen molar-refractivity contribution in [1.82, 2.24) is 0 Å². The second-order valence-electron chi connectivity index (χ2n) is 3.70. The largest absolute Gasteiger partial charge is 0.399 e. The normalized spacial score (nSPS) is 12.8. The molecule has 0 aromatic heterocycles. The number of hydrogen-bond donors (Lipinski definition) is 2. The van der Waals surface area contributed by atoms with Crippen LogP contribution in [0.2, 0.25) is 0 Å². The molecule has 0 saturated heterocycles. The molecule has 0 spiro atoms. The standard InChI is InChI=1S/C11H18N2/c1-8-7-11(13)6-5-10(8)4-3-9(2)12/h5-7,9H,3-4,12-13H2,1-2H3. The van der Waals surface area contributed by atoms with Crippen molar-refractivity contribution in [3.63, 3.8) is 0 Å². The zero-order valence-corrected chi connectivity index (χ0v) is 8.38. The van der Waals surface area contributed by atoms with Crippen molar-refractivity contribution < 1.29 is 0 Å². The van der Waals surface area contributed by atoms with Gasteiger partial charge in [0.1, 0.15) is 0 Å². The first-order valence-electron chi connectivity index (χ1n) is 4.70. The van der Waals surface area contributed by atoms with Crippen LogP contribution in [-0.2, 0) is 6.42 Å². The third-order valence-electron chi connectivity index (χ3n) is 2.24. The molecule has 0 fully saturated rings. The quantitative estimate of drug-likeness (QED) is 0.694. The second-order valence-corrected chi connectivity index (χ2v) is 3.70. The SMILES string of the molecule is Cc1cc(N)ccc1CCC(C)N. The average Bonchev–Trinajstić information content (AvgIpc) is 2.02. The number of benzene rings is 1. The van der Waals surface area contributed by atoms with E-state index in [9.17, 15) is 0 Å². The molecule has 0 aliphatic rings. The third-order valence-corrected chi connectivity index (χ3v) is 2.24. The molecule has 0 radical (unpaired) electrons. The van der Waals surface area contributed by atoms with Gasteiger partial charge in [0.05, 0.1) is 0 Å². The summed E-state index contributed by atoms with van der Waals surface area (Å²) < 4.78 is 0. The van der Waals surface area contributed by atoms with E-state index in [0.29, 0.717) is 0 Å². The molecule has 1 rings (SSSR count). The van der Waals surface area contributed by atoms with Gasteiger partial charge in [0.2, 0.25) is 0 Å². The maximum Gasteiger partial charge on any atom is 0.0316 e. The van der Waals surface area contributed by atoms with Gasteiger partial charge >= 0.3 is 0 Å². The molecule has 1 aromatic rings. The Bertz CT molecular complexity index is 279.